The molecule has 24 heavy (non-hydrogen) atoms. The van der Waals surface area contributed by atoms with Gasteiger partial charge in [0.15, 0.2) is 0 Å². The van der Waals surface area contributed by atoms with Gasteiger partial charge in [0.25, 0.3) is 0 Å². The number of aromatic nitrogens is 1. The van der Waals surface area contributed by atoms with Crippen molar-refractivity contribution < 1.29 is 0 Å². The van der Waals surface area contributed by atoms with Crippen molar-refractivity contribution in [3.63, 3.8) is 0 Å². The second-order valence-corrected chi connectivity index (χ2v) is 6.43. The van der Waals surface area contributed by atoms with Crippen LogP contribution in [0.25, 0.3) is 22.0 Å². The molecule has 0 atom stereocenters. The average molecular weight is 318 g/mol. The predicted octanol–water partition coefficient (Wildman–Crippen LogP) is 5.87. The monoisotopic (exact) mass is 318 g/mol. The van der Waals surface area contributed by atoms with Gasteiger partial charge in [0.05, 0.1) is 16.9 Å². The molecule has 0 saturated carbocycles. The van der Waals surface area contributed by atoms with E-state index in [4.69, 9.17) is 4.98 Å². The molecule has 0 amide bonds. The minimum Gasteiger partial charge on any atom is -0.371 e. The number of fused-ring (bicyclic) bond motifs is 1. The summed E-state index contributed by atoms with van der Waals surface area (Å²) in [5, 5.41) is 1.24. The number of hydrogen-bond donors (Lipinski definition) is 0. The van der Waals surface area contributed by atoms with Gasteiger partial charge in [-0.15, -0.1) is 0 Å². The van der Waals surface area contributed by atoms with Gasteiger partial charge in [0, 0.05) is 24.0 Å². The molecule has 0 unspecified atom stereocenters. The van der Waals surface area contributed by atoms with Crippen LogP contribution in [0.3, 0.4) is 0 Å². The Labute approximate surface area is 145 Å². The van der Waals surface area contributed by atoms with Crippen LogP contribution in [-0.2, 0) is 0 Å². The highest BCUT2D eigenvalue weighted by molar-refractivity contribution is 6.01. The van der Waals surface area contributed by atoms with Gasteiger partial charge in [-0.05, 0) is 31.4 Å². The molecule has 0 bridgehead atoms. The van der Waals surface area contributed by atoms with Crippen molar-refractivity contribution in [2.24, 2.45) is 0 Å². The first kappa shape index (κ1) is 16.5. The van der Waals surface area contributed by atoms with Gasteiger partial charge in [0.2, 0.25) is 0 Å². The highest BCUT2D eigenvalue weighted by Crippen LogP contribution is 2.41. The fourth-order valence-corrected chi connectivity index (χ4v) is 3.39. The molecule has 2 aromatic carbocycles. The third kappa shape index (κ3) is 2.89. The largest absolute Gasteiger partial charge is 0.371 e. The zero-order chi connectivity index (χ0) is 17.1. The summed E-state index contributed by atoms with van der Waals surface area (Å²) in [7, 11) is 0. The lowest BCUT2D eigenvalue weighted by Crippen LogP contribution is -2.23. The molecule has 0 spiro atoms. The van der Waals surface area contributed by atoms with E-state index in [0.717, 1.165) is 18.6 Å². The third-order valence-corrected chi connectivity index (χ3v) is 4.58. The quantitative estimate of drug-likeness (QED) is 0.584. The minimum atomic E-state index is 0.374. The Bertz CT molecular complexity index is 818. The van der Waals surface area contributed by atoms with E-state index in [1.54, 1.807) is 0 Å². The van der Waals surface area contributed by atoms with Crippen molar-refractivity contribution in [3.05, 3.63) is 60.3 Å². The molecule has 1 aromatic heterocycles. The molecule has 0 fully saturated rings. The summed E-state index contributed by atoms with van der Waals surface area (Å²) in [6.07, 6.45) is 0. The Morgan fingerprint density at radius 1 is 0.875 bits per heavy atom. The Hall–Kier alpha value is -2.35. The number of para-hydroxylation sites is 1. The molecule has 2 heteroatoms. The van der Waals surface area contributed by atoms with E-state index >= 15 is 0 Å². The molecule has 2 nitrogen and oxygen atoms in total. The van der Waals surface area contributed by atoms with Gasteiger partial charge in [-0.2, -0.15) is 0 Å². The summed E-state index contributed by atoms with van der Waals surface area (Å²) in [5.41, 5.74) is 6.12. The van der Waals surface area contributed by atoms with Gasteiger partial charge in [0.1, 0.15) is 0 Å². The lowest BCUT2D eigenvalue weighted by molar-refractivity contribution is 0.823. The SMILES string of the molecule is CCN(CC)c1c(-c2ccccc2)c(C(C)C)nc2ccccc12. The van der Waals surface area contributed by atoms with Crippen molar-refractivity contribution in [1.82, 2.24) is 4.98 Å². The molecule has 0 saturated heterocycles. The van der Waals surface area contributed by atoms with Gasteiger partial charge >= 0.3 is 0 Å². The first-order chi connectivity index (χ1) is 11.7. The molecule has 0 aliphatic rings. The van der Waals surface area contributed by atoms with E-state index in [-0.39, 0.29) is 0 Å². The summed E-state index contributed by atoms with van der Waals surface area (Å²) >= 11 is 0. The van der Waals surface area contributed by atoms with E-state index in [1.165, 1.54) is 27.9 Å². The van der Waals surface area contributed by atoms with Crippen LogP contribution >= 0.6 is 0 Å². The van der Waals surface area contributed by atoms with Gasteiger partial charge in [-0.3, -0.25) is 4.98 Å². The van der Waals surface area contributed by atoms with E-state index in [2.05, 4.69) is 87.2 Å². The Kier molecular flexibility index (Phi) is 4.84. The second-order valence-electron chi connectivity index (χ2n) is 6.43. The van der Waals surface area contributed by atoms with E-state index in [1.807, 2.05) is 0 Å². The summed E-state index contributed by atoms with van der Waals surface area (Å²) < 4.78 is 0. The highest BCUT2D eigenvalue weighted by Gasteiger charge is 2.21. The Morgan fingerprint density at radius 2 is 1.50 bits per heavy atom. The van der Waals surface area contributed by atoms with Crippen LogP contribution in [-0.4, -0.2) is 18.1 Å². The summed E-state index contributed by atoms with van der Waals surface area (Å²) in [4.78, 5) is 7.49. The fraction of sp³-hybridized carbons (Fsp3) is 0.318. The smallest absolute Gasteiger partial charge is 0.0726 e. The molecule has 0 aliphatic heterocycles. The third-order valence-electron chi connectivity index (χ3n) is 4.58. The van der Waals surface area contributed by atoms with Crippen LogP contribution in [0.15, 0.2) is 54.6 Å². The lowest BCUT2D eigenvalue weighted by atomic mass is 9.93. The Morgan fingerprint density at radius 3 is 2.12 bits per heavy atom. The van der Waals surface area contributed by atoms with Gasteiger partial charge < -0.3 is 4.90 Å². The van der Waals surface area contributed by atoms with Crippen LogP contribution in [0, 0.1) is 0 Å². The maximum absolute atomic E-state index is 5.04. The number of benzene rings is 2. The molecule has 0 N–H and O–H groups in total. The molecule has 124 valence electrons. The standard InChI is InChI=1S/C22H26N2/c1-5-24(6-2)22-18-14-10-11-15-19(18)23-21(16(3)4)20(22)17-12-8-7-9-13-17/h7-16H,5-6H2,1-4H3. The number of hydrogen-bond acceptors (Lipinski definition) is 2. The zero-order valence-electron chi connectivity index (χ0n) is 15.1. The van der Waals surface area contributed by atoms with E-state index in [0.29, 0.717) is 5.92 Å². The summed E-state index contributed by atoms with van der Waals surface area (Å²) in [6.45, 7) is 10.9. The fourth-order valence-electron chi connectivity index (χ4n) is 3.39. The van der Waals surface area contributed by atoms with Crippen molar-refractivity contribution in [2.75, 3.05) is 18.0 Å². The number of rotatable bonds is 5. The summed E-state index contributed by atoms with van der Waals surface area (Å²) in [6, 6.07) is 19.2. The van der Waals surface area contributed by atoms with Gasteiger partial charge in [-0.25, -0.2) is 0 Å². The molecular weight excluding hydrogens is 292 g/mol. The van der Waals surface area contributed by atoms with Crippen molar-refractivity contribution in [3.8, 4) is 11.1 Å². The maximum atomic E-state index is 5.04. The van der Waals surface area contributed by atoms with Crippen LogP contribution in [0.5, 0.6) is 0 Å². The van der Waals surface area contributed by atoms with Gasteiger partial charge in [-0.1, -0.05) is 62.4 Å². The van der Waals surface area contributed by atoms with Crippen LogP contribution in [0.4, 0.5) is 5.69 Å². The highest BCUT2D eigenvalue weighted by atomic mass is 15.1. The lowest BCUT2D eigenvalue weighted by Gasteiger charge is -2.28. The number of nitrogens with zero attached hydrogens (tertiary/aromatic N) is 2. The molecule has 0 radical (unpaired) electrons. The molecule has 3 aromatic rings. The summed E-state index contributed by atoms with van der Waals surface area (Å²) in [5.74, 6) is 0.374. The van der Waals surface area contributed by atoms with Crippen molar-refractivity contribution in [2.45, 2.75) is 33.6 Å². The minimum absolute atomic E-state index is 0.374. The van der Waals surface area contributed by atoms with Crippen LogP contribution in [0.1, 0.15) is 39.3 Å². The second kappa shape index (κ2) is 7.04. The van der Waals surface area contributed by atoms with Crippen LogP contribution < -0.4 is 4.90 Å². The average Bonchev–Trinajstić information content (AvgIpc) is 2.62. The zero-order valence-corrected chi connectivity index (χ0v) is 15.1. The molecule has 3 rings (SSSR count). The number of pyridine rings is 1. The van der Waals surface area contributed by atoms with E-state index < -0.39 is 0 Å². The van der Waals surface area contributed by atoms with Crippen LogP contribution in [0.2, 0.25) is 0 Å². The first-order valence-corrected chi connectivity index (χ1v) is 8.90. The Balaban J connectivity index is 2.45. The first-order valence-electron chi connectivity index (χ1n) is 8.90. The van der Waals surface area contributed by atoms with Crippen molar-refractivity contribution in [1.29, 1.82) is 0 Å². The topological polar surface area (TPSA) is 16.1 Å². The normalized spacial score (nSPS) is 11.2. The van der Waals surface area contributed by atoms with Crippen molar-refractivity contribution >= 4 is 16.6 Å². The maximum Gasteiger partial charge on any atom is 0.0726 e. The van der Waals surface area contributed by atoms with E-state index in [9.17, 15) is 0 Å². The molecule has 1 heterocycles. The predicted molar refractivity (Wildman–Crippen MR) is 105 cm³/mol. The number of anilines is 1. The molecular formula is C22H26N2. The molecule has 0 aliphatic carbocycles.